The highest BCUT2D eigenvalue weighted by Crippen LogP contribution is 2.26. The summed E-state index contributed by atoms with van der Waals surface area (Å²) in [5.74, 6) is 2.10. The summed E-state index contributed by atoms with van der Waals surface area (Å²) in [6.07, 6.45) is 4.05. The zero-order valence-electron chi connectivity index (χ0n) is 15.0. The van der Waals surface area contributed by atoms with Gasteiger partial charge in [0, 0.05) is 18.3 Å². The Balaban J connectivity index is 1.49. The lowest BCUT2D eigenvalue weighted by Gasteiger charge is -2.24. The van der Waals surface area contributed by atoms with E-state index in [1.54, 1.807) is 6.26 Å². The van der Waals surface area contributed by atoms with Gasteiger partial charge in [-0.15, -0.1) is 0 Å². The van der Waals surface area contributed by atoms with Gasteiger partial charge in [0.1, 0.15) is 5.76 Å². The largest absolute Gasteiger partial charge is 0.459 e. The van der Waals surface area contributed by atoms with Crippen molar-refractivity contribution in [1.29, 1.82) is 0 Å². The van der Waals surface area contributed by atoms with Crippen LogP contribution in [0.2, 0.25) is 0 Å². The molecule has 3 aromatic heterocycles. The molecule has 0 spiro atoms. The average Bonchev–Trinajstić information content (AvgIpc) is 3.32. The molecule has 0 unspecified atom stereocenters. The standard InChI is InChI=1S/C19H24N4O2/c1-13-10-14(2)23(21-13)11-16-6-4-8-22(16)12-17-15(3)25-19(20-17)18-7-5-9-24-18/h5,7,9-10,16H,4,6,8,11-12H2,1-3H3/t16-/m1/s1. The van der Waals surface area contributed by atoms with Crippen LogP contribution in [0.15, 0.2) is 33.3 Å². The molecule has 132 valence electrons. The Morgan fingerprint density at radius 2 is 2.16 bits per heavy atom. The summed E-state index contributed by atoms with van der Waals surface area (Å²) >= 11 is 0. The predicted molar refractivity (Wildman–Crippen MR) is 94.1 cm³/mol. The van der Waals surface area contributed by atoms with E-state index in [1.807, 2.05) is 26.0 Å². The Hall–Kier alpha value is -2.34. The fourth-order valence-electron chi connectivity index (χ4n) is 3.64. The van der Waals surface area contributed by atoms with Crippen molar-refractivity contribution >= 4 is 0 Å². The molecule has 3 aromatic rings. The summed E-state index contributed by atoms with van der Waals surface area (Å²) in [6, 6.07) is 6.34. The van der Waals surface area contributed by atoms with Crippen LogP contribution in [-0.2, 0) is 13.1 Å². The minimum Gasteiger partial charge on any atom is -0.459 e. The maximum absolute atomic E-state index is 5.80. The number of furan rings is 1. The predicted octanol–water partition coefficient (Wildman–Crippen LogP) is 3.72. The van der Waals surface area contributed by atoms with E-state index in [1.165, 1.54) is 18.5 Å². The zero-order valence-corrected chi connectivity index (χ0v) is 15.0. The second-order valence-corrected chi connectivity index (χ2v) is 6.87. The summed E-state index contributed by atoms with van der Waals surface area (Å²) in [6.45, 7) is 8.97. The van der Waals surface area contributed by atoms with Crippen LogP contribution in [0.3, 0.4) is 0 Å². The van der Waals surface area contributed by atoms with Crippen LogP contribution >= 0.6 is 0 Å². The molecule has 25 heavy (non-hydrogen) atoms. The lowest BCUT2D eigenvalue weighted by molar-refractivity contribution is 0.215. The molecule has 4 heterocycles. The van der Waals surface area contributed by atoms with E-state index >= 15 is 0 Å². The number of aryl methyl sites for hydroxylation is 3. The Bertz CT molecular complexity index is 847. The van der Waals surface area contributed by atoms with Gasteiger partial charge in [0.2, 0.25) is 0 Å². The first-order valence-electron chi connectivity index (χ1n) is 8.85. The number of aromatic nitrogens is 3. The third-order valence-electron chi connectivity index (χ3n) is 4.96. The summed E-state index contributed by atoms with van der Waals surface area (Å²) in [7, 11) is 0. The van der Waals surface area contributed by atoms with E-state index in [0.29, 0.717) is 17.7 Å². The van der Waals surface area contributed by atoms with Crippen molar-refractivity contribution in [2.45, 2.75) is 52.7 Å². The van der Waals surface area contributed by atoms with Gasteiger partial charge in [-0.1, -0.05) is 0 Å². The van der Waals surface area contributed by atoms with Gasteiger partial charge in [-0.2, -0.15) is 5.10 Å². The van der Waals surface area contributed by atoms with Crippen molar-refractivity contribution in [2.75, 3.05) is 6.54 Å². The fourth-order valence-corrected chi connectivity index (χ4v) is 3.64. The Morgan fingerprint density at radius 3 is 2.88 bits per heavy atom. The third-order valence-corrected chi connectivity index (χ3v) is 4.96. The van der Waals surface area contributed by atoms with Gasteiger partial charge in [-0.25, -0.2) is 4.98 Å². The fraction of sp³-hybridized carbons (Fsp3) is 0.474. The minimum atomic E-state index is 0.487. The van der Waals surface area contributed by atoms with Crippen LogP contribution in [0.5, 0.6) is 0 Å². The Morgan fingerprint density at radius 1 is 1.28 bits per heavy atom. The van der Waals surface area contributed by atoms with Crippen LogP contribution in [-0.4, -0.2) is 32.3 Å². The average molecular weight is 340 g/mol. The normalized spacial score (nSPS) is 18.3. The molecule has 6 heteroatoms. The second kappa shape index (κ2) is 6.52. The van der Waals surface area contributed by atoms with Crippen LogP contribution in [0.25, 0.3) is 11.7 Å². The topological polar surface area (TPSA) is 60.2 Å². The Kier molecular flexibility index (Phi) is 4.21. The van der Waals surface area contributed by atoms with Gasteiger partial charge < -0.3 is 8.83 Å². The molecule has 0 aliphatic carbocycles. The van der Waals surface area contributed by atoms with Crippen molar-refractivity contribution < 1.29 is 8.83 Å². The molecule has 0 saturated carbocycles. The van der Waals surface area contributed by atoms with Gasteiger partial charge in [0.05, 0.1) is 24.2 Å². The molecule has 1 fully saturated rings. The summed E-state index contributed by atoms with van der Waals surface area (Å²) in [4.78, 5) is 7.15. The summed E-state index contributed by atoms with van der Waals surface area (Å²) in [5.41, 5.74) is 3.30. The third kappa shape index (κ3) is 3.26. The summed E-state index contributed by atoms with van der Waals surface area (Å²) in [5, 5.41) is 4.61. The van der Waals surface area contributed by atoms with E-state index < -0.39 is 0 Å². The highest BCUT2D eigenvalue weighted by atomic mass is 16.4. The highest BCUT2D eigenvalue weighted by molar-refractivity contribution is 5.44. The van der Waals surface area contributed by atoms with Gasteiger partial charge in [-0.05, 0) is 58.4 Å². The van der Waals surface area contributed by atoms with Crippen LogP contribution in [0.4, 0.5) is 0 Å². The van der Waals surface area contributed by atoms with Gasteiger partial charge in [0.15, 0.2) is 5.76 Å². The van der Waals surface area contributed by atoms with Crippen molar-refractivity contribution in [3.05, 3.63) is 47.3 Å². The molecular weight excluding hydrogens is 316 g/mol. The van der Waals surface area contributed by atoms with Crippen molar-refractivity contribution in [1.82, 2.24) is 19.7 Å². The van der Waals surface area contributed by atoms with Crippen LogP contribution < -0.4 is 0 Å². The van der Waals surface area contributed by atoms with E-state index in [0.717, 1.165) is 36.8 Å². The summed E-state index contributed by atoms with van der Waals surface area (Å²) < 4.78 is 13.3. The van der Waals surface area contributed by atoms with Crippen molar-refractivity contribution in [3.8, 4) is 11.7 Å². The van der Waals surface area contributed by atoms with Gasteiger partial charge >= 0.3 is 0 Å². The molecule has 6 nitrogen and oxygen atoms in total. The van der Waals surface area contributed by atoms with Crippen molar-refractivity contribution in [3.63, 3.8) is 0 Å². The number of hydrogen-bond acceptors (Lipinski definition) is 5. The molecule has 0 amide bonds. The lowest BCUT2D eigenvalue weighted by atomic mass is 10.2. The molecule has 1 aliphatic rings. The first-order chi connectivity index (χ1) is 12.1. The molecule has 0 bridgehead atoms. The number of rotatable bonds is 5. The molecule has 0 N–H and O–H groups in total. The van der Waals surface area contributed by atoms with E-state index in [-0.39, 0.29) is 0 Å². The maximum atomic E-state index is 5.80. The molecule has 0 radical (unpaired) electrons. The molecule has 0 aromatic carbocycles. The number of nitrogens with zero attached hydrogens (tertiary/aromatic N) is 4. The van der Waals surface area contributed by atoms with Crippen molar-refractivity contribution in [2.24, 2.45) is 0 Å². The molecule has 1 aliphatic heterocycles. The first kappa shape index (κ1) is 16.1. The quantitative estimate of drug-likeness (QED) is 0.708. The van der Waals surface area contributed by atoms with Gasteiger partial charge in [-0.3, -0.25) is 9.58 Å². The lowest BCUT2D eigenvalue weighted by Crippen LogP contribution is -2.33. The zero-order chi connectivity index (χ0) is 17.4. The maximum Gasteiger partial charge on any atom is 0.263 e. The highest BCUT2D eigenvalue weighted by Gasteiger charge is 2.27. The second-order valence-electron chi connectivity index (χ2n) is 6.87. The van der Waals surface area contributed by atoms with E-state index in [2.05, 4.69) is 32.7 Å². The smallest absolute Gasteiger partial charge is 0.263 e. The number of oxazole rings is 1. The monoisotopic (exact) mass is 340 g/mol. The van der Waals surface area contributed by atoms with E-state index in [9.17, 15) is 0 Å². The Labute approximate surface area is 147 Å². The SMILES string of the molecule is Cc1cc(C)n(C[C@H]2CCCN2Cc2nc(-c3ccco3)oc2C)n1. The van der Waals surface area contributed by atoms with Crippen LogP contribution in [0.1, 0.15) is 35.7 Å². The minimum absolute atomic E-state index is 0.487. The molecule has 4 rings (SSSR count). The van der Waals surface area contributed by atoms with Gasteiger partial charge in [0.25, 0.3) is 5.89 Å². The number of hydrogen-bond donors (Lipinski definition) is 0. The molecule has 1 atom stereocenters. The molecular formula is C19H24N4O2. The first-order valence-corrected chi connectivity index (χ1v) is 8.85. The number of likely N-dealkylation sites (tertiary alicyclic amines) is 1. The van der Waals surface area contributed by atoms with Crippen LogP contribution in [0, 0.1) is 20.8 Å². The van der Waals surface area contributed by atoms with E-state index in [4.69, 9.17) is 8.83 Å². The molecule has 1 saturated heterocycles.